The van der Waals surface area contributed by atoms with Crippen LogP contribution >= 0.6 is 0 Å². The van der Waals surface area contributed by atoms with E-state index in [1.807, 2.05) is 0 Å². The zero-order valence-corrected chi connectivity index (χ0v) is 22.4. The number of hydrogen-bond donors (Lipinski definition) is 0. The average Bonchev–Trinajstić information content (AvgIpc) is 3.77. The van der Waals surface area contributed by atoms with Gasteiger partial charge in [-0.25, -0.2) is 0 Å². The van der Waals surface area contributed by atoms with Crippen LogP contribution in [0, 0.1) is 0 Å². The molecule has 1 aromatic heterocycles. The molecule has 0 unspecified atom stereocenters. The zero-order chi connectivity index (χ0) is 54.1. The molecule has 9 aromatic rings. The predicted molar refractivity (Wildman–Crippen MR) is 190 cm³/mol. The van der Waals surface area contributed by atoms with Crippen LogP contribution in [-0.4, -0.2) is 0 Å². The Balaban J connectivity index is 1.46. The lowest BCUT2D eigenvalue weighted by Crippen LogP contribution is -1.90. The average molecular weight is 601 g/mol. The maximum absolute atomic E-state index is 9.51. The minimum Gasteiger partial charge on any atom is -0.455 e. The summed E-state index contributed by atoms with van der Waals surface area (Å²) in [5, 5.41) is -3.82. The van der Waals surface area contributed by atoms with Crippen molar-refractivity contribution in [2.24, 2.45) is 0 Å². The number of furan rings is 1. The Morgan fingerprint density at radius 2 is 0.800 bits per heavy atom. The molecule has 0 atom stereocenters. The molecule has 0 aliphatic carbocycles. The molecule has 0 bridgehead atoms. The van der Waals surface area contributed by atoms with Crippen LogP contribution in [0.1, 0.15) is 38.4 Å². The van der Waals surface area contributed by atoms with E-state index in [1.54, 1.807) is 0 Å². The molecule has 0 N–H and O–H groups in total. The highest BCUT2D eigenvalue weighted by Gasteiger charge is 2.17. The fraction of sp³-hybridized carbons (Fsp3) is 0. The lowest BCUT2D eigenvalue weighted by atomic mass is 9.86. The predicted octanol–water partition coefficient (Wildman–Crippen LogP) is 12.6. The quantitative estimate of drug-likeness (QED) is 0.183. The van der Waals surface area contributed by atoms with Crippen LogP contribution < -0.4 is 0 Å². The first-order chi connectivity index (χ1) is 34.0. The molecule has 0 saturated heterocycles. The van der Waals surface area contributed by atoms with Crippen molar-refractivity contribution in [3.8, 4) is 44.5 Å². The minimum absolute atomic E-state index is 0.480. The van der Waals surface area contributed by atoms with E-state index in [-0.39, 0.29) is 0 Å². The van der Waals surface area contributed by atoms with Gasteiger partial charge in [0.15, 0.2) is 0 Å². The van der Waals surface area contributed by atoms with Crippen LogP contribution in [-0.2, 0) is 0 Å². The zero-order valence-electron chi connectivity index (χ0n) is 50.4. The molecular formula is C44H28O. The first-order valence-electron chi connectivity index (χ1n) is 27.2. The van der Waals surface area contributed by atoms with Crippen LogP contribution in [0.5, 0.6) is 0 Å². The highest BCUT2D eigenvalue weighted by Crippen LogP contribution is 2.44. The molecule has 0 aliphatic heterocycles. The van der Waals surface area contributed by atoms with Crippen molar-refractivity contribution >= 4 is 43.5 Å². The van der Waals surface area contributed by atoms with E-state index in [0.29, 0.717) is 0 Å². The summed E-state index contributed by atoms with van der Waals surface area (Å²) in [6, 6.07) is -26.1. The van der Waals surface area contributed by atoms with Crippen molar-refractivity contribution in [2.75, 3.05) is 0 Å². The summed E-state index contributed by atoms with van der Waals surface area (Å²) in [5.41, 5.74) is -7.20. The lowest BCUT2D eigenvalue weighted by Gasteiger charge is -2.18. The van der Waals surface area contributed by atoms with Crippen LogP contribution in [0.3, 0.4) is 0 Å². The van der Waals surface area contributed by atoms with E-state index in [1.165, 1.54) is 0 Å². The molecule has 0 spiro atoms. The van der Waals surface area contributed by atoms with E-state index in [2.05, 4.69) is 0 Å². The Hall–Kier alpha value is -5.92. The van der Waals surface area contributed by atoms with Crippen LogP contribution in [0.4, 0.5) is 0 Å². The molecule has 1 heterocycles. The van der Waals surface area contributed by atoms with Gasteiger partial charge in [0.1, 0.15) is 11.2 Å². The largest absolute Gasteiger partial charge is 0.455 e. The van der Waals surface area contributed by atoms with Crippen molar-refractivity contribution in [1.82, 2.24) is 0 Å². The van der Waals surface area contributed by atoms with Crippen molar-refractivity contribution < 1.29 is 42.8 Å². The van der Waals surface area contributed by atoms with Gasteiger partial charge in [-0.05, 0) is 72.6 Å². The van der Waals surface area contributed by atoms with Gasteiger partial charge >= 0.3 is 0 Å². The summed E-state index contributed by atoms with van der Waals surface area (Å²) in [6.07, 6.45) is 0. The van der Waals surface area contributed by atoms with Gasteiger partial charge in [-0.15, -0.1) is 0 Å². The summed E-state index contributed by atoms with van der Waals surface area (Å²) >= 11 is 0. The summed E-state index contributed by atoms with van der Waals surface area (Å²) in [7, 11) is 0. The molecule has 1 nitrogen and oxygen atoms in total. The monoisotopic (exact) mass is 600 g/mol. The van der Waals surface area contributed by atoms with E-state index < -0.39 is 257 Å². The number of rotatable bonds is 4. The van der Waals surface area contributed by atoms with Crippen molar-refractivity contribution in [1.29, 1.82) is 0 Å². The van der Waals surface area contributed by atoms with Crippen LogP contribution in [0.25, 0.3) is 88.0 Å². The molecule has 9 rings (SSSR count). The maximum atomic E-state index is 9.51. The summed E-state index contributed by atoms with van der Waals surface area (Å²) in [6.45, 7) is 0. The van der Waals surface area contributed by atoms with Gasteiger partial charge in [-0.3, -0.25) is 0 Å². The molecule has 0 radical (unpaired) electrons. The molecule has 1 heteroatoms. The second-order valence-corrected chi connectivity index (χ2v) is 9.51. The molecular weight excluding hydrogens is 544 g/mol. The van der Waals surface area contributed by atoms with Gasteiger partial charge in [0.25, 0.3) is 0 Å². The minimum atomic E-state index is -1.10. The fourth-order valence-corrected chi connectivity index (χ4v) is 5.16. The topological polar surface area (TPSA) is 13.1 Å². The van der Waals surface area contributed by atoms with E-state index in [0.717, 1.165) is 0 Å². The second-order valence-electron chi connectivity index (χ2n) is 9.51. The Bertz CT molecular complexity index is 3950. The van der Waals surface area contributed by atoms with Gasteiger partial charge in [-0.1, -0.05) is 157 Å². The van der Waals surface area contributed by atoms with Gasteiger partial charge < -0.3 is 4.42 Å². The Kier molecular flexibility index (Phi) is 2.32. The van der Waals surface area contributed by atoms with Gasteiger partial charge in [0.2, 0.25) is 0 Å². The Morgan fingerprint density at radius 1 is 0.333 bits per heavy atom. The summed E-state index contributed by atoms with van der Waals surface area (Å²) in [5.74, 6) is 0. The van der Waals surface area contributed by atoms with E-state index in [4.69, 9.17) is 27.7 Å². The molecule has 0 amide bonds. The molecule has 8 aromatic carbocycles. The highest BCUT2D eigenvalue weighted by molar-refractivity contribution is 6.21. The van der Waals surface area contributed by atoms with Gasteiger partial charge in [-0.2, -0.15) is 0 Å². The summed E-state index contributed by atoms with van der Waals surface area (Å²) in [4.78, 5) is 0. The fourth-order valence-electron chi connectivity index (χ4n) is 5.16. The van der Waals surface area contributed by atoms with Crippen molar-refractivity contribution in [3.05, 3.63) is 169 Å². The molecule has 0 aliphatic rings. The lowest BCUT2D eigenvalue weighted by molar-refractivity contribution is 0.670. The third kappa shape index (κ3) is 4.17. The van der Waals surface area contributed by atoms with Gasteiger partial charge in [0, 0.05) is 16.3 Å². The standard InChI is InChI=1S/C44H28O/c1-3-12-30(13-4-1)34-20-11-21-40-35-27-26-33(28-41(35)45-44(34)40)29-22-24-32(25-23-29)43-38-18-9-7-16-36(38)42(31-14-5-2-6-15-31)37-17-8-10-19-39(37)43/h1-28H/i1D,2D,3D,4D,5D,6D,7D,8D,9D,10D,11D,12D,13D,14D,15D,16D,17D,18D,19D,20D,21D,22D,23D,24D,25D,26D,27D,28D. The van der Waals surface area contributed by atoms with Crippen LogP contribution in [0.15, 0.2) is 174 Å². The van der Waals surface area contributed by atoms with Crippen molar-refractivity contribution in [3.63, 3.8) is 0 Å². The Labute approximate surface area is 301 Å². The molecule has 0 fully saturated rings. The van der Waals surface area contributed by atoms with E-state index >= 15 is 0 Å². The highest BCUT2D eigenvalue weighted by atomic mass is 16.3. The number of hydrogen-bond acceptors (Lipinski definition) is 1. The normalized spacial score (nSPS) is 20.3. The first-order valence-corrected chi connectivity index (χ1v) is 13.2. The molecule has 45 heavy (non-hydrogen) atoms. The van der Waals surface area contributed by atoms with Gasteiger partial charge in [0.05, 0.1) is 38.4 Å². The first kappa shape index (κ1) is 10.1. The third-order valence-corrected chi connectivity index (χ3v) is 7.06. The molecule has 210 valence electrons. The van der Waals surface area contributed by atoms with E-state index in [9.17, 15) is 15.1 Å². The van der Waals surface area contributed by atoms with Crippen molar-refractivity contribution in [2.45, 2.75) is 0 Å². The third-order valence-electron chi connectivity index (χ3n) is 7.06. The molecule has 0 saturated carbocycles. The SMILES string of the molecule is [2H]c1c([2H])c([2H])c(-c2c([2H])c([2H])c([2H])c3c2oc2c([2H])c(-c4c([2H])c([2H])c(-c5c6c([2H])c([2H])c([2H])c([2H])c6c(-c6c([2H])c([2H])c([2H])c([2H])c6[2H])c6c([2H])c([2H])c([2H])c([2H])c56)c([2H])c4[2H])c([2H])c([2H])c23)c([2H])c1[2H]. The second kappa shape index (κ2) is 10.4. The summed E-state index contributed by atoms with van der Waals surface area (Å²) < 4.78 is 254. The maximum Gasteiger partial charge on any atom is 0.143 e. The smallest absolute Gasteiger partial charge is 0.143 e. The number of benzene rings is 8. The Morgan fingerprint density at radius 3 is 1.40 bits per heavy atom. The number of fused-ring (bicyclic) bond motifs is 5. The van der Waals surface area contributed by atoms with Crippen LogP contribution in [0.2, 0.25) is 0 Å². The number of para-hydroxylation sites is 1.